The molecule has 0 unspecified atom stereocenters. The number of hydrogen-bond acceptors (Lipinski definition) is 4. The van der Waals surface area contributed by atoms with Gasteiger partial charge in [-0.15, -0.1) is 0 Å². The lowest BCUT2D eigenvalue weighted by Gasteiger charge is -2.25. The summed E-state index contributed by atoms with van der Waals surface area (Å²) in [5, 5.41) is 18.9. The smallest absolute Gasteiger partial charge is 0.331 e. The predicted molar refractivity (Wildman–Crippen MR) is 114 cm³/mol. The molecule has 0 aliphatic carbocycles. The summed E-state index contributed by atoms with van der Waals surface area (Å²) in [4.78, 5) is 23.0. The Morgan fingerprint density at radius 3 is 2.07 bits per heavy atom. The van der Waals surface area contributed by atoms with E-state index in [0.717, 1.165) is 38.5 Å². The molecule has 29 heavy (non-hydrogen) atoms. The molecule has 0 bridgehead atoms. The number of ether oxygens (including phenoxy) is 1. The Kier molecular flexibility index (Phi) is 9.96. The maximum Gasteiger partial charge on any atom is 0.331 e. The summed E-state index contributed by atoms with van der Waals surface area (Å²) in [5.41, 5.74) is -0.406. The second-order valence-electron chi connectivity index (χ2n) is 9.57. The number of aromatic hydroxyl groups is 1. The van der Waals surface area contributed by atoms with Crippen LogP contribution in [0.5, 0.6) is 5.88 Å². The first-order valence-corrected chi connectivity index (χ1v) is 10.8. The normalized spacial score (nSPS) is 12.4. The van der Waals surface area contributed by atoms with Gasteiger partial charge in [0.2, 0.25) is 5.88 Å². The van der Waals surface area contributed by atoms with Crippen LogP contribution in [-0.2, 0) is 22.6 Å². The van der Waals surface area contributed by atoms with Crippen molar-refractivity contribution in [2.45, 2.75) is 92.7 Å². The summed E-state index contributed by atoms with van der Waals surface area (Å²) in [6.45, 7) is 12.6. The molecule has 0 fully saturated rings. The molecule has 7 heteroatoms. The van der Waals surface area contributed by atoms with Crippen molar-refractivity contribution in [1.29, 1.82) is 0 Å². The highest BCUT2D eigenvalue weighted by molar-refractivity contribution is 5.67. The lowest BCUT2D eigenvalue weighted by Crippen LogP contribution is -2.29. The van der Waals surface area contributed by atoms with Crippen molar-refractivity contribution < 1.29 is 19.7 Å². The van der Waals surface area contributed by atoms with Crippen LogP contribution < -0.4 is 5.69 Å². The van der Waals surface area contributed by atoms with Crippen LogP contribution in [-0.4, -0.2) is 38.5 Å². The first-order valence-electron chi connectivity index (χ1n) is 10.8. The average Bonchev–Trinajstić information content (AvgIpc) is 2.86. The van der Waals surface area contributed by atoms with Gasteiger partial charge in [0.05, 0.1) is 12.6 Å². The number of aryl methyl sites for hydroxylation is 1. The van der Waals surface area contributed by atoms with Crippen molar-refractivity contribution in [3.05, 3.63) is 16.7 Å². The molecule has 0 amide bonds. The quantitative estimate of drug-likeness (QED) is 0.420. The van der Waals surface area contributed by atoms with E-state index in [2.05, 4.69) is 13.8 Å². The molecular weight excluding hydrogens is 372 g/mol. The van der Waals surface area contributed by atoms with Gasteiger partial charge in [0.25, 0.3) is 0 Å². The zero-order chi connectivity index (χ0) is 22.1. The SMILES string of the molecule is CCn1cc(O)n(CC(C)(C)CCCCOCCCCC(C)(C)CC(=O)O)c1=O. The van der Waals surface area contributed by atoms with Crippen LogP contribution in [0.1, 0.15) is 79.6 Å². The van der Waals surface area contributed by atoms with Gasteiger partial charge in [-0.3, -0.25) is 13.9 Å². The minimum atomic E-state index is -0.739. The Hall–Kier alpha value is -1.76. The number of unbranched alkanes of at least 4 members (excludes halogenated alkanes) is 2. The third-order valence-electron chi connectivity index (χ3n) is 5.37. The monoisotopic (exact) mass is 412 g/mol. The van der Waals surface area contributed by atoms with E-state index in [9.17, 15) is 14.7 Å². The van der Waals surface area contributed by atoms with Gasteiger partial charge in [-0.1, -0.05) is 40.5 Å². The second kappa shape index (κ2) is 11.4. The zero-order valence-electron chi connectivity index (χ0n) is 18.9. The number of aromatic nitrogens is 2. The molecule has 1 aromatic heterocycles. The van der Waals surface area contributed by atoms with Gasteiger partial charge < -0.3 is 14.9 Å². The third-order valence-corrected chi connectivity index (χ3v) is 5.37. The fourth-order valence-corrected chi connectivity index (χ4v) is 3.61. The van der Waals surface area contributed by atoms with E-state index in [0.29, 0.717) is 26.3 Å². The molecule has 0 saturated heterocycles. The van der Waals surface area contributed by atoms with Gasteiger partial charge >= 0.3 is 11.7 Å². The van der Waals surface area contributed by atoms with Gasteiger partial charge in [-0.25, -0.2) is 4.79 Å². The highest BCUT2D eigenvalue weighted by atomic mass is 16.5. The topological polar surface area (TPSA) is 93.7 Å². The van der Waals surface area contributed by atoms with Crippen molar-refractivity contribution in [1.82, 2.24) is 9.13 Å². The van der Waals surface area contributed by atoms with E-state index in [4.69, 9.17) is 9.84 Å². The molecule has 0 atom stereocenters. The van der Waals surface area contributed by atoms with Crippen LogP contribution in [0.25, 0.3) is 0 Å². The number of aliphatic carboxylic acids is 1. The number of carboxylic acid groups (broad SMARTS) is 1. The van der Waals surface area contributed by atoms with E-state index >= 15 is 0 Å². The first kappa shape index (κ1) is 25.3. The number of hydrogen-bond donors (Lipinski definition) is 2. The van der Waals surface area contributed by atoms with E-state index in [1.807, 2.05) is 20.8 Å². The van der Waals surface area contributed by atoms with E-state index in [-0.39, 0.29) is 28.8 Å². The Bertz CT molecular complexity index is 688. The molecule has 7 nitrogen and oxygen atoms in total. The van der Waals surface area contributed by atoms with Crippen molar-refractivity contribution in [3.63, 3.8) is 0 Å². The molecule has 168 valence electrons. The number of imidazole rings is 1. The van der Waals surface area contributed by atoms with Crippen molar-refractivity contribution in [2.75, 3.05) is 13.2 Å². The molecule has 0 aliphatic rings. The molecule has 0 aliphatic heterocycles. The van der Waals surface area contributed by atoms with Crippen LogP contribution in [0.2, 0.25) is 0 Å². The summed E-state index contributed by atoms with van der Waals surface area (Å²) < 4.78 is 8.67. The van der Waals surface area contributed by atoms with E-state index in [1.54, 1.807) is 0 Å². The van der Waals surface area contributed by atoms with Gasteiger partial charge in [0.1, 0.15) is 0 Å². The molecule has 0 saturated carbocycles. The Labute approximate surface area is 174 Å². The lowest BCUT2D eigenvalue weighted by atomic mass is 9.84. The minimum Gasteiger partial charge on any atom is -0.493 e. The maximum absolute atomic E-state index is 12.2. The fourth-order valence-electron chi connectivity index (χ4n) is 3.61. The van der Waals surface area contributed by atoms with Crippen molar-refractivity contribution >= 4 is 5.97 Å². The molecule has 0 spiro atoms. The molecule has 1 aromatic rings. The first-order chi connectivity index (χ1) is 13.5. The number of carboxylic acids is 1. The highest BCUT2D eigenvalue weighted by Gasteiger charge is 2.22. The number of carbonyl (C=O) groups is 1. The molecule has 1 heterocycles. The van der Waals surface area contributed by atoms with Crippen LogP contribution in [0.4, 0.5) is 0 Å². The molecular formula is C22H40N2O5. The lowest BCUT2D eigenvalue weighted by molar-refractivity contribution is -0.139. The molecule has 1 rings (SSSR count). The fraction of sp³-hybridized carbons (Fsp3) is 0.818. The van der Waals surface area contributed by atoms with Crippen LogP contribution in [0, 0.1) is 10.8 Å². The van der Waals surface area contributed by atoms with Crippen molar-refractivity contribution in [3.8, 4) is 5.88 Å². The molecule has 0 aromatic carbocycles. The average molecular weight is 413 g/mol. The van der Waals surface area contributed by atoms with Crippen LogP contribution in [0.15, 0.2) is 11.0 Å². The van der Waals surface area contributed by atoms with E-state index < -0.39 is 5.97 Å². The Morgan fingerprint density at radius 1 is 1.03 bits per heavy atom. The standard InChI is InChI=1S/C22H40N2O5/c1-6-23-16-18(25)24(20(23)28)17-22(4,5)12-8-10-14-29-13-9-7-11-21(2,3)15-19(26)27/h16,25H,6-15,17H2,1-5H3,(H,26,27). The van der Waals surface area contributed by atoms with Crippen LogP contribution in [0.3, 0.4) is 0 Å². The predicted octanol–water partition coefficient (Wildman–Crippen LogP) is 4.26. The summed E-state index contributed by atoms with van der Waals surface area (Å²) in [6.07, 6.45) is 7.43. The van der Waals surface area contributed by atoms with E-state index in [1.165, 1.54) is 15.3 Å². The highest BCUT2D eigenvalue weighted by Crippen LogP contribution is 2.28. The van der Waals surface area contributed by atoms with Crippen LogP contribution >= 0.6 is 0 Å². The number of rotatable bonds is 15. The minimum absolute atomic E-state index is 0.0276. The largest absolute Gasteiger partial charge is 0.493 e. The second-order valence-corrected chi connectivity index (χ2v) is 9.57. The van der Waals surface area contributed by atoms with Gasteiger partial charge in [0, 0.05) is 26.3 Å². The molecule has 0 radical (unpaired) electrons. The summed E-state index contributed by atoms with van der Waals surface area (Å²) in [6, 6.07) is 0. The summed E-state index contributed by atoms with van der Waals surface area (Å²) in [7, 11) is 0. The Balaban J connectivity index is 2.19. The molecule has 2 N–H and O–H groups in total. The third kappa shape index (κ3) is 9.52. The van der Waals surface area contributed by atoms with Crippen molar-refractivity contribution in [2.24, 2.45) is 10.8 Å². The Morgan fingerprint density at radius 2 is 1.59 bits per heavy atom. The van der Waals surface area contributed by atoms with Gasteiger partial charge in [-0.2, -0.15) is 0 Å². The van der Waals surface area contributed by atoms with Gasteiger partial charge in [0.15, 0.2) is 0 Å². The van der Waals surface area contributed by atoms with Gasteiger partial charge in [-0.05, 0) is 43.4 Å². The maximum atomic E-state index is 12.2. The zero-order valence-corrected chi connectivity index (χ0v) is 18.9. The summed E-state index contributed by atoms with van der Waals surface area (Å²) in [5.74, 6) is -0.711. The summed E-state index contributed by atoms with van der Waals surface area (Å²) >= 11 is 0. The number of nitrogens with zero attached hydrogens (tertiary/aromatic N) is 2.